The van der Waals surface area contributed by atoms with Crippen LogP contribution in [0, 0.1) is 0 Å². The summed E-state index contributed by atoms with van der Waals surface area (Å²) in [7, 11) is -4.80. The van der Waals surface area contributed by atoms with Crippen molar-refractivity contribution in [2.24, 2.45) is 10.2 Å². The number of phenols is 1. The fourth-order valence-corrected chi connectivity index (χ4v) is 2.99. The first-order valence-electron chi connectivity index (χ1n) is 6.98. The standard InChI is InChI=1S/C16H11ClN2O6S.Cr.Na.H2O/c17-9-2-4-12(20)11(6-9)18-19-16-13(21)3-1-8-5-10(26(23,24)25)7-14(22)15(8)16;;;/h1-7,20-22H,(H,23,24,25);;;1H2/q;+2;+1;/p-4. The summed E-state index contributed by atoms with van der Waals surface area (Å²) in [5.74, 6) is -1.73. The molecule has 0 atom stereocenters. The summed E-state index contributed by atoms with van der Waals surface area (Å²) in [6.07, 6.45) is 0. The van der Waals surface area contributed by atoms with Gasteiger partial charge in [-0.15, -0.1) is 0 Å². The van der Waals surface area contributed by atoms with Crippen LogP contribution < -0.4 is 39.8 Å². The number of hydrogen-bond acceptors (Lipinski definition) is 9. The Morgan fingerprint density at radius 1 is 0.966 bits per heavy atom. The van der Waals surface area contributed by atoms with Gasteiger partial charge in [-0.2, -0.15) is 10.2 Å². The molecule has 146 valence electrons. The molecule has 0 radical (unpaired) electrons. The zero-order valence-corrected chi connectivity index (χ0v) is 19.4. The fourth-order valence-electron chi connectivity index (χ4n) is 2.30. The maximum atomic E-state index is 12.1. The van der Waals surface area contributed by atoms with E-state index in [1.54, 1.807) is 0 Å². The summed E-state index contributed by atoms with van der Waals surface area (Å²) < 4.78 is 33.4. The molecule has 0 unspecified atom stereocenters. The van der Waals surface area contributed by atoms with Crippen molar-refractivity contribution >= 4 is 43.9 Å². The third kappa shape index (κ3) is 6.05. The molecular weight excluding hydrogens is 475 g/mol. The van der Waals surface area contributed by atoms with Gasteiger partial charge in [-0.05, 0) is 29.7 Å². The van der Waals surface area contributed by atoms with Crippen LogP contribution in [0.2, 0.25) is 5.02 Å². The van der Waals surface area contributed by atoms with Gasteiger partial charge in [-0.1, -0.05) is 41.3 Å². The van der Waals surface area contributed by atoms with E-state index in [1.165, 1.54) is 24.3 Å². The number of nitrogens with zero attached hydrogens (tertiary/aromatic N) is 2. The van der Waals surface area contributed by atoms with E-state index >= 15 is 0 Å². The molecule has 0 fully saturated rings. The largest absolute Gasteiger partial charge is 2.00 e. The topological polar surface area (TPSA) is 178 Å². The van der Waals surface area contributed by atoms with E-state index in [1.807, 2.05) is 0 Å². The Morgan fingerprint density at radius 2 is 1.59 bits per heavy atom. The molecule has 29 heavy (non-hydrogen) atoms. The number of fused-ring (bicyclic) bond motifs is 1. The Kier molecular flexibility index (Phi) is 10.1. The zero-order valence-electron chi connectivity index (χ0n) is 14.6. The van der Waals surface area contributed by atoms with Crippen molar-refractivity contribution in [2.75, 3.05) is 0 Å². The number of rotatable bonds is 3. The minimum absolute atomic E-state index is 0. The van der Waals surface area contributed by atoms with E-state index in [9.17, 15) is 28.3 Å². The van der Waals surface area contributed by atoms with Crippen molar-refractivity contribution in [1.29, 1.82) is 0 Å². The Balaban J connectivity index is 0.00000261. The van der Waals surface area contributed by atoms with Gasteiger partial charge < -0.3 is 25.3 Å². The maximum Gasteiger partial charge on any atom is 2.00 e. The molecular formula is C16H9ClCrN2NaO7S-. The molecule has 3 aromatic rings. The van der Waals surface area contributed by atoms with Crippen LogP contribution in [0.25, 0.3) is 10.8 Å². The number of halogens is 1. The zero-order chi connectivity index (χ0) is 19.1. The average molecular weight is 484 g/mol. The SMILES string of the molecule is O=S(=O)([O-])c1cc(O)c2c(N=Nc3cc(Cl)ccc3[O-])c([O-])ccc2c1.[Cr+2].[Na+].[OH-]. The summed E-state index contributed by atoms with van der Waals surface area (Å²) in [6, 6.07) is 7.86. The molecule has 3 rings (SSSR count). The minimum Gasteiger partial charge on any atom is -0.871 e. The molecule has 0 bridgehead atoms. The summed E-state index contributed by atoms with van der Waals surface area (Å²) in [5.41, 5.74) is -0.429. The van der Waals surface area contributed by atoms with E-state index in [0.29, 0.717) is 0 Å². The second-order valence-corrected chi connectivity index (χ2v) is 7.04. The molecule has 0 aliphatic heterocycles. The molecule has 0 aliphatic carbocycles. The van der Waals surface area contributed by atoms with Crippen molar-refractivity contribution < 1.29 is 80.7 Å². The predicted octanol–water partition coefficient (Wildman–Crippen LogP) is -0.510. The van der Waals surface area contributed by atoms with Crippen LogP contribution in [-0.4, -0.2) is 23.6 Å². The first-order valence-corrected chi connectivity index (χ1v) is 8.76. The summed E-state index contributed by atoms with van der Waals surface area (Å²) >= 11 is 5.78. The molecule has 0 aliphatic rings. The fraction of sp³-hybridized carbons (Fsp3) is 0. The van der Waals surface area contributed by atoms with Crippen LogP contribution in [0.4, 0.5) is 11.4 Å². The van der Waals surface area contributed by atoms with Gasteiger partial charge >= 0.3 is 46.9 Å². The molecule has 9 nitrogen and oxygen atoms in total. The third-order valence-corrected chi connectivity index (χ3v) is 4.52. The first kappa shape index (κ1) is 27.6. The quantitative estimate of drug-likeness (QED) is 0.296. The summed E-state index contributed by atoms with van der Waals surface area (Å²) in [5, 5.41) is 41.6. The minimum atomic E-state index is -4.80. The van der Waals surface area contributed by atoms with Crippen molar-refractivity contribution in [1.82, 2.24) is 0 Å². The second kappa shape index (κ2) is 10.6. The van der Waals surface area contributed by atoms with Gasteiger partial charge in [-0.3, -0.25) is 0 Å². The summed E-state index contributed by atoms with van der Waals surface area (Å²) in [6.45, 7) is 0. The van der Waals surface area contributed by atoms with Gasteiger partial charge in [0.05, 0.1) is 21.7 Å². The van der Waals surface area contributed by atoms with Crippen LogP contribution in [0.3, 0.4) is 0 Å². The molecule has 0 amide bonds. The van der Waals surface area contributed by atoms with Crippen LogP contribution in [0.15, 0.2) is 57.6 Å². The monoisotopic (exact) mass is 483 g/mol. The van der Waals surface area contributed by atoms with Gasteiger partial charge in [-0.25, -0.2) is 8.42 Å². The average Bonchev–Trinajstić information content (AvgIpc) is 2.56. The Hall–Kier alpha value is -1.39. The van der Waals surface area contributed by atoms with E-state index in [2.05, 4.69) is 10.2 Å². The smallest absolute Gasteiger partial charge is 0.871 e. The third-order valence-electron chi connectivity index (χ3n) is 3.47. The maximum absolute atomic E-state index is 12.1. The molecule has 0 saturated carbocycles. The van der Waals surface area contributed by atoms with E-state index in [0.717, 1.165) is 18.2 Å². The Labute approximate surface area is 203 Å². The number of phenolic OH excluding ortho intramolecular Hbond substituents is 1. The number of aromatic hydroxyl groups is 1. The van der Waals surface area contributed by atoms with E-state index in [4.69, 9.17) is 11.6 Å². The van der Waals surface area contributed by atoms with Crippen LogP contribution in [-0.2, 0) is 27.5 Å². The van der Waals surface area contributed by atoms with E-state index < -0.39 is 32.3 Å². The molecule has 0 spiro atoms. The molecule has 13 heteroatoms. The van der Waals surface area contributed by atoms with Gasteiger partial charge in [0.25, 0.3) is 0 Å². The first-order chi connectivity index (χ1) is 12.2. The van der Waals surface area contributed by atoms with Crippen LogP contribution in [0.1, 0.15) is 0 Å². The normalized spacial score (nSPS) is 10.8. The van der Waals surface area contributed by atoms with Gasteiger partial charge in [0.15, 0.2) is 0 Å². The number of benzene rings is 3. The van der Waals surface area contributed by atoms with E-state index in [-0.39, 0.29) is 79.6 Å². The number of hydrogen-bond donors (Lipinski definition) is 1. The second-order valence-electron chi connectivity index (χ2n) is 5.22. The van der Waals surface area contributed by atoms with Crippen molar-refractivity contribution in [3.8, 4) is 17.2 Å². The molecule has 0 heterocycles. The van der Waals surface area contributed by atoms with Gasteiger partial charge in [0, 0.05) is 5.02 Å². The van der Waals surface area contributed by atoms with Gasteiger partial charge in [0.1, 0.15) is 15.9 Å². The van der Waals surface area contributed by atoms with Crippen molar-refractivity contribution in [3.63, 3.8) is 0 Å². The Bertz CT molecular complexity index is 1180. The van der Waals surface area contributed by atoms with Crippen LogP contribution >= 0.6 is 11.6 Å². The van der Waals surface area contributed by atoms with Crippen molar-refractivity contribution in [2.45, 2.75) is 4.90 Å². The van der Waals surface area contributed by atoms with Crippen LogP contribution in [0.5, 0.6) is 17.2 Å². The molecule has 3 aromatic carbocycles. The predicted molar refractivity (Wildman–Crippen MR) is 90.0 cm³/mol. The summed E-state index contributed by atoms with van der Waals surface area (Å²) in [4.78, 5) is -0.652. The molecule has 0 saturated heterocycles. The molecule has 2 N–H and O–H groups in total. The van der Waals surface area contributed by atoms with Crippen molar-refractivity contribution in [3.05, 3.63) is 47.5 Å². The Morgan fingerprint density at radius 3 is 2.21 bits per heavy atom. The van der Waals surface area contributed by atoms with Gasteiger partial charge in [0.2, 0.25) is 0 Å². The molecule has 0 aromatic heterocycles. The number of azo groups is 1.